The molecule has 182 valence electrons. The molecule has 1 aromatic rings. The van der Waals surface area contributed by atoms with Gasteiger partial charge in [0.15, 0.2) is 0 Å². The van der Waals surface area contributed by atoms with Crippen LogP contribution in [-0.4, -0.2) is 68.5 Å². The Bertz CT molecular complexity index is 946. The first-order valence-corrected chi connectivity index (χ1v) is 14.4. The lowest BCUT2D eigenvalue weighted by Crippen LogP contribution is -2.52. The van der Waals surface area contributed by atoms with Gasteiger partial charge in [-0.2, -0.15) is 4.31 Å². The topological polar surface area (TPSA) is 73.0 Å². The van der Waals surface area contributed by atoms with Crippen LogP contribution in [0.2, 0.25) is 0 Å². The monoisotopic (exact) mass is 474 g/mol. The second-order valence-corrected chi connectivity index (χ2v) is 12.1. The Kier molecular flexibility index (Phi) is 6.95. The maximum atomic E-state index is 13.4. The molecular weight excluding hydrogens is 436 g/mol. The van der Waals surface area contributed by atoms with Gasteiger partial charge in [-0.1, -0.05) is 38.5 Å². The van der Waals surface area contributed by atoms with Crippen molar-refractivity contribution in [3.8, 4) is 0 Å². The van der Waals surface area contributed by atoms with Gasteiger partial charge in [0.1, 0.15) is 0 Å². The Morgan fingerprint density at radius 2 is 1.52 bits per heavy atom. The number of hydrogen-bond acceptors (Lipinski definition) is 4. The summed E-state index contributed by atoms with van der Waals surface area (Å²) in [5, 5.41) is 3.19. The molecule has 0 bridgehead atoms. The number of hydrogen-bond donors (Lipinski definition) is 1. The summed E-state index contributed by atoms with van der Waals surface area (Å²) in [6.07, 6.45) is 12.9. The fourth-order valence-electron chi connectivity index (χ4n) is 6.15. The normalized spacial score (nSPS) is 24.1. The Morgan fingerprint density at radius 3 is 2.21 bits per heavy atom. The van der Waals surface area contributed by atoms with Crippen LogP contribution in [0, 0.1) is 0 Å². The molecule has 1 aromatic carbocycles. The van der Waals surface area contributed by atoms with Crippen molar-refractivity contribution in [1.82, 2.24) is 14.5 Å². The van der Waals surface area contributed by atoms with Crippen LogP contribution in [-0.2, 0) is 16.4 Å². The zero-order chi connectivity index (χ0) is 22.8. The van der Waals surface area contributed by atoms with Crippen LogP contribution < -0.4 is 10.2 Å². The molecule has 2 aliphatic carbocycles. The molecule has 0 atom stereocenters. The molecular formula is C25H38N4O3S. The lowest BCUT2D eigenvalue weighted by molar-refractivity contribution is 0.111. The average molecular weight is 475 g/mol. The highest BCUT2D eigenvalue weighted by molar-refractivity contribution is 7.89. The van der Waals surface area contributed by atoms with Gasteiger partial charge in [-0.05, 0) is 55.9 Å². The van der Waals surface area contributed by atoms with Gasteiger partial charge in [-0.25, -0.2) is 13.2 Å². The number of carbonyl (C=O) groups is 1. The van der Waals surface area contributed by atoms with Crippen molar-refractivity contribution in [2.45, 2.75) is 87.6 Å². The van der Waals surface area contributed by atoms with E-state index in [1.54, 1.807) is 21.3 Å². The molecule has 8 heteroatoms. The molecule has 2 amide bonds. The Labute approximate surface area is 198 Å². The number of rotatable bonds is 4. The number of carbonyl (C=O) groups excluding carboxylic acids is 1. The van der Waals surface area contributed by atoms with E-state index in [-0.39, 0.29) is 12.1 Å². The fraction of sp³-hybridized carbons (Fsp3) is 0.720. The van der Waals surface area contributed by atoms with E-state index >= 15 is 0 Å². The first-order chi connectivity index (χ1) is 16.0. The molecule has 33 heavy (non-hydrogen) atoms. The zero-order valence-electron chi connectivity index (χ0n) is 19.7. The van der Waals surface area contributed by atoms with Gasteiger partial charge in [-0.3, -0.25) is 9.80 Å². The predicted octanol–water partition coefficient (Wildman–Crippen LogP) is 3.73. The second kappa shape index (κ2) is 9.92. The number of nitrogens with zero attached hydrogens (tertiary/aromatic N) is 3. The third-order valence-electron chi connectivity index (χ3n) is 8.13. The van der Waals surface area contributed by atoms with Gasteiger partial charge >= 0.3 is 6.03 Å². The lowest BCUT2D eigenvalue weighted by atomic mass is 9.94. The van der Waals surface area contributed by atoms with Crippen LogP contribution in [0.15, 0.2) is 23.1 Å². The predicted molar refractivity (Wildman–Crippen MR) is 130 cm³/mol. The third-order valence-corrected chi connectivity index (χ3v) is 10.0. The minimum atomic E-state index is -3.51. The van der Waals surface area contributed by atoms with E-state index in [9.17, 15) is 13.2 Å². The van der Waals surface area contributed by atoms with Crippen LogP contribution >= 0.6 is 0 Å². The quantitative estimate of drug-likeness (QED) is 0.722. The summed E-state index contributed by atoms with van der Waals surface area (Å²) in [4.78, 5) is 17.5. The lowest BCUT2D eigenvalue weighted by Gasteiger charge is -2.40. The number of piperazine rings is 1. The Balaban J connectivity index is 1.23. The van der Waals surface area contributed by atoms with Crippen molar-refractivity contribution in [2.24, 2.45) is 0 Å². The van der Waals surface area contributed by atoms with Crippen LogP contribution in [0.4, 0.5) is 10.5 Å². The highest BCUT2D eigenvalue weighted by atomic mass is 32.2. The summed E-state index contributed by atoms with van der Waals surface area (Å²) >= 11 is 0. The number of anilines is 1. The number of benzene rings is 1. The summed E-state index contributed by atoms with van der Waals surface area (Å²) in [7, 11) is -3.51. The van der Waals surface area contributed by atoms with Gasteiger partial charge in [-0.15, -0.1) is 0 Å². The summed E-state index contributed by atoms with van der Waals surface area (Å²) in [6.45, 7) is 3.38. The van der Waals surface area contributed by atoms with Crippen LogP contribution in [0.25, 0.3) is 0 Å². The van der Waals surface area contributed by atoms with Gasteiger partial charge < -0.3 is 5.32 Å². The molecule has 2 aliphatic heterocycles. The molecule has 0 radical (unpaired) electrons. The van der Waals surface area contributed by atoms with Gasteiger partial charge in [0, 0.05) is 50.5 Å². The number of amides is 2. The van der Waals surface area contributed by atoms with E-state index in [4.69, 9.17) is 0 Å². The van der Waals surface area contributed by atoms with Crippen molar-refractivity contribution >= 4 is 21.7 Å². The molecule has 0 unspecified atom stereocenters. The number of nitrogens with one attached hydrogen (secondary N) is 1. The minimum absolute atomic E-state index is 0.0462. The SMILES string of the molecule is O=C(NC1CCCCC1)N1CCc2cc(S(=O)(=O)N3CCN(C4CCCCC4)CC3)ccc21. The fourth-order valence-corrected chi connectivity index (χ4v) is 7.63. The maximum absolute atomic E-state index is 13.4. The minimum Gasteiger partial charge on any atom is -0.335 e. The summed E-state index contributed by atoms with van der Waals surface area (Å²) in [5.41, 5.74) is 1.81. The molecule has 3 fully saturated rings. The number of urea groups is 1. The summed E-state index contributed by atoms with van der Waals surface area (Å²) in [6, 6.07) is 6.17. The van der Waals surface area contributed by atoms with E-state index in [2.05, 4.69) is 10.2 Å². The molecule has 5 rings (SSSR count). The highest BCUT2D eigenvalue weighted by Crippen LogP contribution is 2.32. The molecule has 1 saturated heterocycles. The molecule has 0 spiro atoms. The Hall–Kier alpha value is -1.64. The maximum Gasteiger partial charge on any atom is 0.322 e. The van der Waals surface area contributed by atoms with Crippen LogP contribution in [0.5, 0.6) is 0 Å². The van der Waals surface area contributed by atoms with Gasteiger partial charge in [0.05, 0.1) is 4.90 Å². The number of sulfonamides is 1. The second-order valence-electron chi connectivity index (χ2n) is 10.2. The standard InChI is InChI=1S/C25H38N4O3S/c30-25(26-21-7-3-1-4-8-21)29-14-13-20-19-23(11-12-24(20)29)33(31,32)28-17-15-27(16-18-28)22-9-5-2-6-10-22/h11-12,19,21-22H,1-10,13-18H2,(H,26,30). The van der Waals surface area contributed by atoms with E-state index < -0.39 is 10.0 Å². The first kappa shape index (κ1) is 23.1. The van der Waals surface area contributed by atoms with Crippen molar-refractivity contribution < 1.29 is 13.2 Å². The zero-order valence-corrected chi connectivity index (χ0v) is 20.5. The number of fused-ring (bicyclic) bond motifs is 1. The molecule has 2 saturated carbocycles. The average Bonchev–Trinajstić information content (AvgIpc) is 3.29. The third kappa shape index (κ3) is 4.93. The smallest absolute Gasteiger partial charge is 0.322 e. The van der Waals surface area contributed by atoms with E-state index in [0.29, 0.717) is 37.0 Å². The van der Waals surface area contributed by atoms with E-state index in [0.717, 1.165) is 37.2 Å². The van der Waals surface area contributed by atoms with Crippen molar-refractivity contribution in [3.63, 3.8) is 0 Å². The van der Waals surface area contributed by atoms with E-state index in [1.807, 2.05) is 6.07 Å². The van der Waals surface area contributed by atoms with Crippen molar-refractivity contribution in [1.29, 1.82) is 0 Å². The van der Waals surface area contributed by atoms with Crippen molar-refractivity contribution in [2.75, 3.05) is 37.6 Å². The molecule has 0 aromatic heterocycles. The van der Waals surface area contributed by atoms with E-state index in [1.165, 1.54) is 51.4 Å². The largest absolute Gasteiger partial charge is 0.335 e. The van der Waals surface area contributed by atoms with Gasteiger partial charge in [0.2, 0.25) is 10.0 Å². The molecule has 4 aliphatic rings. The first-order valence-electron chi connectivity index (χ1n) is 13.0. The van der Waals surface area contributed by atoms with Gasteiger partial charge in [0.25, 0.3) is 0 Å². The molecule has 2 heterocycles. The van der Waals surface area contributed by atoms with Crippen LogP contribution in [0.1, 0.15) is 69.8 Å². The van der Waals surface area contributed by atoms with Crippen LogP contribution in [0.3, 0.4) is 0 Å². The summed E-state index contributed by atoms with van der Waals surface area (Å²) < 4.78 is 28.4. The Morgan fingerprint density at radius 1 is 0.848 bits per heavy atom. The molecule has 1 N–H and O–H groups in total. The summed E-state index contributed by atoms with van der Waals surface area (Å²) in [5.74, 6) is 0. The molecule has 7 nitrogen and oxygen atoms in total. The van der Waals surface area contributed by atoms with Crippen molar-refractivity contribution in [3.05, 3.63) is 23.8 Å². The highest BCUT2D eigenvalue weighted by Gasteiger charge is 2.33.